The van der Waals surface area contributed by atoms with Crippen LogP contribution in [0.5, 0.6) is 5.75 Å². The number of nitrogens with zero attached hydrogens (tertiary/aromatic N) is 2. The molecule has 0 spiro atoms. The van der Waals surface area contributed by atoms with E-state index in [9.17, 15) is 9.59 Å². The Labute approximate surface area is 180 Å². The van der Waals surface area contributed by atoms with Gasteiger partial charge in [0.1, 0.15) is 5.52 Å². The van der Waals surface area contributed by atoms with Gasteiger partial charge in [0.2, 0.25) is 0 Å². The summed E-state index contributed by atoms with van der Waals surface area (Å²) in [6.07, 6.45) is 3.44. The van der Waals surface area contributed by atoms with Crippen molar-refractivity contribution in [2.75, 3.05) is 19.0 Å². The van der Waals surface area contributed by atoms with E-state index in [1.807, 2.05) is 6.07 Å². The van der Waals surface area contributed by atoms with E-state index in [4.69, 9.17) is 16.3 Å². The van der Waals surface area contributed by atoms with Gasteiger partial charge in [-0.1, -0.05) is 17.7 Å². The highest BCUT2D eigenvalue weighted by Crippen LogP contribution is 2.41. The Balaban J connectivity index is 1.76. The zero-order chi connectivity index (χ0) is 21.5. The Morgan fingerprint density at radius 2 is 2.03 bits per heavy atom. The van der Waals surface area contributed by atoms with Crippen molar-refractivity contribution >= 4 is 40.0 Å². The van der Waals surface area contributed by atoms with Gasteiger partial charge in [-0.25, -0.2) is 9.97 Å². The number of aromatic nitrogens is 4. The number of benzene rings is 1. The third-order valence-corrected chi connectivity index (χ3v) is 5.44. The lowest BCUT2D eigenvalue weighted by Gasteiger charge is -2.17. The minimum Gasteiger partial charge on any atom is -0.493 e. The molecule has 31 heavy (non-hydrogen) atoms. The summed E-state index contributed by atoms with van der Waals surface area (Å²) in [7, 11) is 1.53. The summed E-state index contributed by atoms with van der Waals surface area (Å²) in [4.78, 5) is 39.0. The van der Waals surface area contributed by atoms with Gasteiger partial charge in [0, 0.05) is 30.4 Å². The molecule has 5 rings (SSSR count). The van der Waals surface area contributed by atoms with Gasteiger partial charge < -0.3 is 25.3 Å². The van der Waals surface area contributed by atoms with Crippen LogP contribution in [0.15, 0.2) is 41.5 Å². The summed E-state index contributed by atoms with van der Waals surface area (Å²) in [5.41, 5.74) is 4.33. The number of hydrogen-bond acceptors (Lipinski definition) is 6. The monoisotopic (exact) mass is 436 g/mol. The number of carbonyl (C=O) groups is 1. The molecule has 4 heterocycles. The third-order valence-electron chi connectivity index (χ3n) is 5.14. The highest BCUT2D eigenvalue weighted by molar-refractivity contribution is 6.32. The van der Waals surface area contributed by atoms with Gasteiger partial charge in [-0.3, -0.25) is 9.59 Å². The standard InChI is InChI=1S/C21H17ClN6O3/c1-31-19-11(22)3-2-4-13(19)27-18-15-12(6-8-24-21(15)30)26-16(18)10-5-7-23-20-17(10)25-9-14(29)28-20/h2-5,7,9,26-27H,6,8H2,1H3,(H,24,30)(H,23,28,29). The highest BCUT2D eigenvalue weighted by Gasteiger charge is 2.28. The maximum absolute atomic E-state index is 12.8. The molecule has 4 N–H and O–H groups in total. The zero-order valence-electron chi connectivity index (χ0n) is 16.4. The smallest absolute Gasteiger partial charge is 0.268 e. The number of H-pyrrole nitrogens is 2. The number of pyridine rings is 1. The Kier molecular flexibility index (Phi) is 4.59. The average molecular weight is 437 g/mol. The number of para-hydroxylation sites is 1. The fraction of sp³-hybridized carbons (Fsp3) is 0.143. The second kappa shape index (κ2) is 7.44. The second-order valence-corrected chi connectivity index (χ2v) is 7.39. The van der Waals surface area contributed by atoms with Crippen molar-refractivity contribution in [3.05, 3.63) is 63.3 Å². The number of ether oxygens (including phenoxy) is 1. The van der Waals surface area contributed by atoms with Crippen molar-refractivity contribution < 1.29 is 9.53 Å². The largest absolute Gasteiger partial charge is 0.493 e. The molecule has 10 heteroatoms. The molecule has 0 fully saturated rings. The summed E-state index contributed by atoms with van der Waals surface area (Å²) >= 11 is 6.29. The Morgan fingerprint density at radius 3 is 2.87 bits per heavy atom. The lowest BCUT2D eigenvalue weighted by molar-refractivity contribution is 0.0947. The number of anilines is 2. The van der Waals surface area contributed by atoms with Crippen molar-refractivity contribution in [3.63, 3.8) is 0 Å². The number of hydrogen-bond donors (Lipinski definition) is 4. The van der Waals surface area contributed by atoms with Crippen molar-refractivity contribution in [3.8, 4) is 17.0 Å². The van der Waals surface area contributed by atoms with Crippen LogP contribution in [-0.2, 0) is 6.42 Å². The normalized spacial score (nSPS) is 13.0. The molecule has 3 aromatic heterocycles. The number of fused-ring (bicyclic) bond motifs is 2. The zero-order valence-corrected chi connectivity index (χ0v) is 17.1. The van der Waals surface area contributed by atoms with Gasteiger partial charge in [-0.15, -0.1) is 0 Å². The average Bonchev–Trinajstić information content (AvgIpc) is 3.12. The minimum atomic E-state index is -0.343. The van der Waals surface area contributed by atoms with Crippen LogP contribution in [0.1, 0.15) is 16.1 Å². The lowest BCUT2D eigenvalue weighted by atomic mass is 10.0. The van der Waals surface area contributed by atoms with Crippen LogP contribution in [0.2, 0.25) is 5.02 Å². The summed E-state index contributed by atoms with van der Waals surface area (Å²) in [6.45, 7) is 0.536. The predicted octanol–water partition coefficient (Wildman–Crippen LogP) is 3.00. The van der Waals surface area contributed by atoms with Crippen molar-refractivity contribution in [1.29, 1.82) is 0 Å². The number of methoxy groups -OCH3 is 1. The van der Waals surface area contributed by atoms with E-state index >= 15 is 0 Å². The fourth-order valence-corrected chi connectivity index (χ4v) is 4.06. The number of carbonyl (C=O) groups excluding carboxylic acids is 1. The number of halogens is 1. The van der Waals surface area contributed by atoms with Gasteiger partial charge in [-0.05, 0) is 18.2 Å². The van der Waals surface area contributed by atoms with Crippen LogP contribution in [-0.4, -0.2) is 39.5 Å². The first-order chi connectivity index (χ1) is 15.1. The molecule has 1 aromatic carbocycles. The van der Waals surface area contributed by atoms with Crippen molar-refractivity contribution in [1.82, 2.24) is 25.3 Å². The maximum atomic E-state index is 12.8. The third kappa shape index (κ3) is 3.19. The quantitative estimate of drug-likeness (QED) is 0.389. The molecule has 0 bridgehead atoms. The Bertz CT molecular complexity index is 1390. The topological polar surface area (TPSA) is 125 Å². The van der Waals surface area contributed by atoms with Gasteiger partial charge >= 0.3 is 0 Å². The maximum Gasteiger partial charge on any atom is 0.268 e. The molecule has 0 radical (unpaired) electrons. The van der Waals surface area contributed by atoms with Crippen LogP contribution in [0.25, 0.3) is 22.4 Å². The molecular formula is C21H17ClN6O3. The Morgan fingerprint density at radius 1 is 1.16 bits per heavy atom. The molecule has 0 atom stereocenters. The van der Waals surface area contributed by atoms with Crippen LogP contribution in [0.4, 0.5) is 11.4 Å². The fourth-order valence-electron chi connectivity index (χ4n) is 3.81. The van der Waals surface area contributed by atoms with E-state index in [-0.39, 0.29) is 11.5 Å². The number of amides is 1. The number of aromatic amines is 2. The first-order valence-electron chi connectivity index (χ1n) is 9.54. The SMILES string of the molecule is COc1c(Cl)cccc1Nc1c(-c2ccnc3[nH]c(=O)cnc23)[nH]c2c1C(=O)NCC2. The van der Waals surface area contributed by atoms with Crippen molar-refractivity contribution in [2.45, 2.75) is 6.42 Å². The van der Waals surface area contributed by atoms with Gasteiger partial charge in [-0.2, -0.15) is 0 Å². The first kappa shape index (κ1) is 19.1. The predicted molar refractivity (Wildman–Crippen MR) is 117 cm³/mol. The van der Waals surface area contributed by atoms with E-state index in [2.05, 4.69) is 30.6 Å². The van der Waals surface area contributed by atoms with Crippen LogP contribution >= 0.6 is 11.6 Å². The van der Waals surface area contributed by atoms with Crippen LogP contribution in [0.3, 0.4) is 0 Å². The molecule has 4 aromatic rings. The van der Waals surface area contributed by atoms with Gasteiger partial charge in [0.25, 0.3) is 11.5 Å². The molecule has 1 aliphatic heterocycles. The van der Waals surface area contributed by atoms with Crippen molar-refractivity contribution in [2.24, 2.45) is 0 Å². The van der Waals surface area contributed by atoms with E-state index in [0.29, 0.717) is 63.1 Å². The summed E-state index contributed by atoms with van der Waals surface area (Å²) < 4.78 is 5.46. The minimum absolute atomic E-state index is 0.188. The van der Waals surface area contributed by atoms with Gasteiger partial charge in [0.15, 0.2) is 11.4 Å². The van der Waals surface area contributed by atoms with E-state index in [0.717, 1.165) is 5.69 Å². The Hall–Kier alpha value is -3.85. The second-order valence-electron chi connectivity index (χ2n) is 6.98. The van der Waals surface area contributed by atoms with E-state index < -0.39 is 0 Å². The summed E-state index contributed by atoms with van der Waals surface area (Å²) in [5.74, 6) is 0.273. The molecular weight excluding hydrogens is 420 g/mol. The molecule has 0 saturated carbocycles. The number of nitrogens with one attached hydrogen (secondary N) is 4. The molecule has 1 aliphatic rings. The van der Waals surface area contributed by atoms with E-state index in [1.165, 1.54) is 13.3 Å². The molecule has 0 unspecified atom stereocenters. The molecule has 9 nitrogen and oxygen atoms in total. The summed E-state index contributed by atoms with van der Waals surface area (Å²) in [5, 5.41) is 6.65. The van der Waals surface area contributed by atoms with Crippen LogP contribution < -0.4 is 20.9 Å². The van der Waals surface area contributed by atoms with Crippen LogP contribution in [0, 0.1) is 0 Å². The molecule has 0 saturated heterocycles. The van der Waals surface area contributed by atoms with Gasteiger partial charge in [0.05, 0.1) is 41.0 Å². The molecule has 156 valence electrons. The molecule has 1 amide bonds. The molecule has 0 aliphatic carbocycles. The first-order valence-corrected chi connectivity index (χ1v) is 9.91. The summed E-state index contributed by atoms with van der Waals surface area (Å²) in [6, 6.07) is 7.11. The highest BCUT2D eigenvalue weighted by atomic mass is 35.5. The lowest BCUT2D eigenvalue weighted by Crippen LogP contribution is -2.31. The van der Waals surface area contributed by atoms with E-state index in [1.54, 1.807) is 24.4 Å². The number of rotatable bonds is 4.